The molecule has 0 bridgehead atoms. The maximum Gasteiger partial charge on any atom is 0.223 e. The lowest BCUT2D eigenvalue weighted by Gasteiger charge is -2.32. The molecule has 5 heteroatoms. The lowest BCUT2D eigenvalue weighted by atomic mass is 9.88. The molecule has 0 aliphatic carbocycles. The van der Waals surface area contributed by atoms with Crippen molar-refractivity contribution in [3.05, 3.63) is 23.8 Å². The summed E-state index contributed by atoms with van der Waals surface area (Å²) in [7, 11) is 3.24. The molecule has 21 heavy (non-hydrogen) atoms. The molecule has 1 aliphatic rings. The molecule has 0 saturated carbocycles. The van der Waals surface area contributed by atoms with Crippen molar-refractivity contribution in [2.45, 2.75) is 19.9 Å². The second-order valence-corrected chi connectivity index (χ2v) is 5.55. The van der Waals surface area contributed by atoms with E-state index in [0.717, 1.165) is 30.2 Å². The highest BCUT2D eigenvalue weighted by molar-refractivity contribution is 5.79. The number of hydrogen-bond donors (Lipinski definition) is 2. The number of methoxy groups -OCH3 is 2. The summed E-state index contributed by atoms with van der Waals surface area (Å²) in [6.45, 7) is 5.80. The van der Waals surface area contributed by atoms with Crippen LogP contribution in [0.4, 0.5) is 0 Å². The Hall–Kier alpha value is -1.75. The van der Waals surface area contributed by atoms with Gasteiger partial charge in [0.05, 0.1) is 20.3 Å². The Kier molecular flexibility index (Phi) is 5.07. The van der Waals surface area contributed by atoms with Crippen LogP contribution in [0.3, 0.4) is 0 Å². The van der Waals surface area contributed by atoms with Gasteiger partial charge in [0.1, 0.15) is 11.5 Å². The molecule has 2 rings (SSSR count). The van der Waals surface area contributed by atoms with E-state index < -0.39 is 0 Å². The number of amides is 1. The number of ether oxygens (including phenoxy) is 2. The minimum atomic E-state index is -0.103. The predicted molar refractivity (Wildman–Crippen MR) is 81.6 cm³/mol. The molecule has 1 amide bonds. The normalized spacial score (nSPS) is 17.5. The van der Waals surface area contributed by atoms with Crippen molar-refractivity contribution in [2.24, 2.45) is 11.8 Å². The number of carbonyl (C=O) groups is 1. The van der Waals surface area contributed by atoms with E-state index in [2.05, 4.69) is 10.6 Å². The Balaban J connectivity index is 2.05. The molecular weight excluding hydrogens is 268 g/mol. The van der Waals surface area contributed by atoms with Crippen molar-refractivity contribution in [1.82, 2.24) is 10.6 Å². The molecule has 0 radical (unpaired) electrons. The summed E-state index contributed by atoms with van der Waals surface area (Å²) in [4.78, 5) is 12.3. The first kappa shape index (κ1) is 15.6. The third-order valence-electron chi connectivity index (χ3n) is 4.20. The Morgan fingerprint density at radius 1 is 1.29 bits per heavy atom. The first-order chi connectivity index (χ1) is 10.1. The average Bonchev–Trinajstić information content (AvgIpc) is 2.44. The third-order valence-corrected chi connectivity index (χ3v) is 4.20. The Morgan fingerprint density at radius 3 is 2.52 bits per heavy atom. The van der Waals surface area contributed by atoms with E-state index in [9.17, 15) is 4.79 Å². The van der Waals surface area contributed by atoms with Crippen LogP contribution in [-0.4, -0.2) is 33.2 Å². The topological polar surface area (TPSA) is 59.6 Å². The highest BCUT2D eigenvalue weighted by atomic mass is 16.5. The van der Waals surface area contributed by atoms with Crippen molar-refractivity contribution in [3.63, 3.8) is 0 Å². The van der Waals surface area contributed by atoms with Crippen LogP contribution in [0, 0.1) is 11.8 Å². The van der Waals surface area contributed by atoms with Crippen LogP contribution < -0.4 is 20.1 Å². The van der Waals surface area contributed by atoms with E-state index in [1.165, 1.54) is 0 Å². The van der Waals surface area contributed by atoms with Crippen LogP contribution in [0.2, 0.25) is 0 Å². The molecule has 0 spiro atoms. The fourth-order valence-corrected chi connectivity index (χ4v) is 2.48. The zero-order valence-corrected chi connectivity index (χ0v) is 13.1. The van der Waals surface area contributed by atoms with Crippen LogP contribution in [0.5, 0.6) is 11.5 Å². The average molecular weight is 292 g/mol. The van der Waals surface area contributed by atoms with E-state index >= 15 is 0 Å². The summed E-state index contributed by atoms with van der Waals surface area (Å²) in [5.74, 6) is 2.02. The monoisotopic (exact) mass is 292 g/mol. The molecule has 2 atom stereocenters. The van der Waals surface area contributed by atoms with E-state index in [-0.39, 0.29) is 17.9 Å². The first-order valence-corrected chi connectivity index (χ1v) is 7.29. The summed E-state index contributed by atoms with van der Waals surface area (Å²) in [5.41, 5.74) is 0.950. The number of hydrogen-bond acceptors (Lipinski definition) is 4. The minimum Gasteiger partial charge on any atom is -0.497 e. The molecule has 5 nitrogen and oxygen atoms in total. The highest BCUT2D eigenvalue weighted by Crippen LogP contribution is 2.29. The zero-order valence-electron chi connectivity index (χ0n) is 13.1. The first-order valence-electron chi connectivity index (χ1n) is 7.29. The fourth-order valence-electron chi connectivity index (χ4n) is 2.48. The van der Waals surface area contributed by atoms with Crippen molar-refractivity contribution < 1.29 is 14.3 Å². The molecule has 1 fully saturated rings. The van der Waals surface area contributed by atoms with Crippen LogP contribution in [0.25, 0.3) is 0 Å². The van der Waals surface area contributed by atoms with Gasteiger partial charge >= 0.3 is 0 Å². The van der Waals surface area contributed by atoms with Gasteiger partial charge in [-0.05, 0) is 38.1 Å². The molecule has 2 unspecified atom stereocenters. The fraction of sp³-hybridized carbons (Fsp3) is 0.562. The third kappa shape index (κ3) is 3.47. The Labute approximate surface area is 126 Å². The summed E-state index contributed by atoms with van der Waals surface area (Å²) in [6.07, 6.45) is 0. The van der Waals surface area contributed by atoms with Gasteiger partial charge < -0.3 is 20.1 Å². The zero-order chi connectivity index (χ0) is 15.4. The van der Waals surface area contributed by atoms with Gasteiger partial charge in [0.2, 0.25) is 5.91 Å². The minimum absolute atomic E-state index is 0.0259. The molecule has 1 aliphatic heterocycles. The van der Waals surface area contributed by atoms with Crippen molar-refractivity contribution >= 4 is 5.91 Å². The Morgan fingerprint density at radius 2 is 2.00 bits per heavy atom. The second kappa shape index (κ2) is 6.80. The molecule has 1 aromatic rings. The van der Waals surface area contributed by atoms with E-state index in [4.69, 9.17) is 9.47 Å². The summed E-state index contributed by atoms with van der Waals surface area (Å²) < 4.78 is 10.6. The van der Waals surface area contributed by atoms with Crippen LogP contribution in [0.1, 0.15) is 25.5 Å². The second-order valence-electron chi connectivity index (χ2n) is 5.55. The molecule has 1 heterocycles. The lowest BCUT2D eigenvalue weighted by Crippen LogP contribution is -2.49. The highest BCUT2D eigenvalue weighted by Gasteiger charge is 2.29. The number of carbonyl (C=O) groups excluding carboxylic acids is 1. The van der Waals surface area contributed by atoms with E-state index in [1.807, 2.05) is 32.0 Å². The molecule has 1 aromatic carbocycles. The van der Waals surface area contributed by atoms with Gasteiger partial charge in [-0.25, -0.2) is 0 Å². The molecule has 0 aromatic heterocycles. The van der Waals surface area contributed by atoms with Gasteiger partial charge in [-0.3, -0.25) is 4.79 Å². The maximum absolute atomic E-state index is 12.3. The van der Waals surface area contributed by atoms with Gasteiger partial charge in [0, 0.05) is 17.5 Å². The summed E-state index contributed by atoms with van der Waals surface area (Å²) >= 11 is 0. The van der Waals surface area contributed by atoms with Crippen LogP contribution in [0.15, 0.2) is 18.2 Å². The van der Waals surface area contributed by atoms with Gasteiger partial charge in [0.25, 0.3) is 0 Å². The summed E-state index contributed by atoms with van der Waals surface area (Å²) in [6, 6.07) is 5.53. The van der Waals surface area contributed by atoms with Crippen LogP contribution in [-0.2, 0) is 4.79 Å². The van der Waals surface area contributed by atoms with Crippen molar-refractivity contribution in [2.75, 3.05) is 27.3 Å². The van der Waals surface area contributed by atoms with Gasteiger partial charge in [0.15, 0.2) is 0 Å². The SMILES string of the molecule is COc1ccc(C(C)NC(=O)C(C)C2CNC2)c(OC)c1. The quantitative estimate of drug-likeness (QED) is 0.838. The standard InChI is InChI=1S/C16H24N2O3/c1-10(12-8-17-9-12)16(19)18-11(2)14-6-5-13(20-3)7-15(14)21-4/h5-7,10-12,17H,8-9H2,1-4H3,(H,18,19). The molecule has 1 saturated heterocycles. The number of benzene rings is 1. The van der Waals surface area contributed by atoms with Gasteiger partial charge in [-0.1, -0.05) is 6.92 Å². The largest absolute Gasteiger partial charge is 0.497 e. The van der Waals surface area contributed by atoms with Gasteiger partial charge in [-0.15, -0.1) is 0 Å². The number of nitrogens with one attached hydrogen (secondary N) is 2. The predicted octanol–water partition coefficient (Wildman–Crippen LogP) is 1.74. The van der Waals surface area contributed by atoms with Crippen molar-refractivity contribution in [3.8, 4) is 11.5 Å². The molecule has 2 N–H and O–H groups in total. The van der Waals surface area contributed by atoms with Crippen molar-refractivity contribution in [1.29, 1.82) is 0 Å². The number of rotatable bonds is 6. The lowest BCUT2D eigenvalue weighted by molar-refractivity contribution is -0.127. The van der Waals surface area contributed by atoms with Gasteiger partial charge in [-0.2, -0.15) is 0 Å². The van der Waals surface area contributed by atoms with E-state index in [1.54, 1.807) is 14.2 Å². The molecule has 116 valence electrons. The Bertz CT molecular complexity index is 500. The van der Waals surface area contributed by atoms with Crippen LogP contribution >= 0.6 is 0 Å². The smallest absolute Gasteiger partial charge is 0.223 e. The maximum atomic E-state index is 12.3. The molecular formula is C16H24N2O3. The summed E-state index contributed by atoms with van der Waals surface area (Å²) in [5, 5.41) is 6.27. The van der Waals surface area contributed by atoms with E-state index in [0.29, 0.717) is 5.92 Å².